The van der Waals surface area contributed by atoms with E-state index < -0.39 is 12.3 Å². The predicted molar refractivity (Wildman–Crippen MR) is 106 cm³/mol. The van der Waals surface area contributed by atoms with Gasteiger partial charge in [0.15, 0.2) is 0 Å². The van der Waals surface area contributed by atoms with Crippen molar-refractivity contribution in [3.8, 4) is 0 Å². The second-order valence-electron chi connectivity index (χ2n) is 7.36. The zero-order chi connectivity index (χ0) is 20.4. The summed E-state index contributed by atoms with van der Waals surface area (Å²) in [7, 11) is 0. The second-order valence-corrected chi connectivity index (χ2v) is 7.36. The van der Waals surface area contributed by atoms with Gasteiger partial charge in [0, 0.05) is 5.92 Å². The summed E-state index contributed by atoms with van der Waals surface area (Å²) in [5.41, 5.74) is 1.74. The van der Waals surface area contributed by atoms with E-state index in [1.807, 2.05) is 26.0 Å². The molecule has 152 valence electrons. The van der Waals surface area contributed by atoms with Crippen LogP contribution in [-0.2, 0) is 20.6 Å². The molecule has 3 atom stereocenters. The van der Waals surface area contributed by atoms with Crippen LogP contribution >= 0.6 is 0 Å². The van der Waals surface area contributed by atoms with Crippen LogP contribution in [0.25, 0.3) is 0 Å². The molecule has 0 aliphatic heterocycles. The molecule has 0 N–H and O–H groups in total. The van der Waals surface area contributed by atoms with Gasteiger partial charge in [0.2, 0.25) is 0 Å². The third-order valence-electron chi connectivity index (χ3n) is 4.52. The predicted octanol–water partition coefficient (Wildman–Crippen LogP) is 5.41. The molecule has 3 unspecified atom stereocenters. The Morgan fingerprint density at radius 2 is 1.52 bits per heavy atom. The molecule has 0 saturated heterocycles. The Morgan fingerprint density at radius 1 is 0.926 bits per heavy atom. The van der Waals surface area contributed by atoms with Crippen molar-refractivity contribution in [1.82, 2.24) is 0 Å². The third-order valence-corrected chi connectivity index (χ3v) is 4.52. The normalized spacial score (nSPS) is 14.3. The Kier molecular flexibility index (Phi) is 9.90. The van der Waals surface area contributed by atoms with Gasteiger partial charge in [0.1, 0.15) is 12.2 Å². The van der Waals surface area contributed by atoms with E-state index >= 15 is 0 Å². The van der Waals surface area contributed by atoms with Crippen LogP contribution < -0.4 is 0 Å². The quantitative estimate of drug-likeness (QED) is 0.510. The van der Waals surface area contributed by atoms with Crippen molar-refractivity contribution in [3.05, 3.63) is 35.4 Å². The average molecular weight is 379 g/mol. The highest BCUT2D eigenvalue weighted by Crippen LogP contribution is 2.25. The van der Waals surface area contributed by atoms with Gasteiger partial charge in [-0.25, -0.2) is 9.59 Å². The standard InChI is InChI=1S/C22H34O5/c1-7-9-18-10-12-19(13-11-18)21(23)26-16(5)20(14-15(3)4)17(6)27-22(24)25-8-2/h10-13,15-17,20H,7-9,14H2,1-6H3. The summed E-state index contributed by atoms with van der Waals surface area (Å²) >= 11 is 0. The first-order valence-corrected chi connectivity index (χ1v) is 9.91. The molecule has 0 aliphatic rings. The molecule has 0 radical (unpaired) electrons. The molecular formula is C22H34O5. The van der Waals surface area contributed by atoms with Gasteiger partial charge in [0.05, 0.1) is 12.2 Å². The minimum atomic E-state index is -0.691. The number of benzene rings is 1. The zero-order valence-corrected chi connectivity index (χ0v) is 17.5. The Hall–Kier alpha value is -2.04. The van der Waals surface area contributed by atoms with Crippen LogP contribution in [0.2, 0.25) is 0 Å². The van der Waals surface area contributed by atoms with Crippen molar-refractivity contribution in [1.29, 1.82) is 0 Å². The fourth-order valence-corrected chi connectivity index (χ4v) is 3.12. The van der Waals surface area contributed by atoms with Crippen molar-refractivity contribution in [2.24, 2.45) is 11.8 Å². The topological polar surface area (TPSA) is 61.8 Å². The summed E-state index contributed by atoms with van der Waals surface area (Å²) in [6, 6.07) is 7.53. The van der Waals surface area contributed by atoms with E-state index in [1.165, 1.54) is 5.56 Å². The molecule has 1 rings (SSSR count). The highest BCUT2D eigenvalue weighted by atomic mass is 16.7. The fraction of sp³-hybridized carbons (Fsp3) is 0.636. The van der Waals surface area contributed by atoms with Crippen molar-refractivity contribution in [2.45, 2.75) is 73.0 Å². The van der Waals surface area contributed by atoms with Crippen LogP contribution in [0.5, 0.6) is 0 Å². The maximum absolute atomic E-state index is 12.5. The number of esters is 1. The lowest BCUT2D eigenvalue weighted by Gasteiger charge is -2.30. The van der Waals surface area contributed by atoms with Crippen molar-refractivity contribution in [3.63, 3.8) is 0 Å². The summed E-state index contributed by atoms with van der Waals surface area (Å²) < 4.78 is 15.9. The molecule has 5 nitrogen and oxygen atoms in total. The molecule has 0 heterocycles. The molecule has 0 saturated carbocycles. The van der Waals surface area contributed by atoms with Crippen molar-refractivity contribution >= 4 is 12.1 Å². The molecule has 1 aromatic carbocycles. The van der Waals surface area contributed by atoms with E-state index in [4.69, 9.17) is 14.2 Å². The van der Waals surface area contributed by atoms with E-state index in [-0.39, 0.29) is 24.6 Å². The first-order chi connectivity index (χ1) is 12.8. The molecule has 0 spiro atoms. The highest BCUT2D eigenvalue weighted by molar-refractivity contribution is 5.89. The number of carbonyl (C=O) groups is 2. The number of carbonyl (C=O) groups excluding carboxylic acids is 2. The smallest absolute Gasteiger partial charge is 0.459 e. The number of hydrogen-bond donors (Lipinski definition) is 0. The van der Waals surface area contributed by atoms with E-state index in [2.05, 4.69) is 20.8 Å². The summed E-state index contributed by atoms with van der Waals surface area (Å²) in [6.07, 6.45) is 1.33. The summed E-state index contributed by atoms with van der Waals surface area (Å²) in [5, 5.41) is 0. The van der Waals surface area contributed by atoms with E-state index in [9.17, 15) is 9.59 Å². The van der Waals surface area contributed by atoms with Gasteiger partial charge in [-0.15, -0.1) is 0 Å². The largest absolute Gasteiger partial charge is 0.508 e. The Bertz CT molecular complexity index is 579. The first-order valence-electron chi connectivity index (χ1n) is 9.91. The SMILES string of the molecule is CCCc1ccc(C(=O)OC(C)C(CC(C)C)C(C)OC(=O)OCC)cc1. The maximum atomic E-state index is 12.5. The Labute approximate surface area is 163 Å². The first kappa shape index (κ1) is 23.0. The van der Waals surface area contributed by atoms with Crippen LogP contribution in [0.15, 0.2) is 24.3 Å². The van der Waals surface area contributed by atoms with E-state index in [1.54, 1.807) is 19.1 Å². The molecule has 0 amide bonds. The Balaban J connectivity index is 2.77. The molecule has 0 aromatic heterocycles. The van der Waals surface area contributed by atoms with Crippen molar-refractivity contribution < 1.29 is 23.8 Å². The van der Waals surface area contributed by atoms with Crippen LogP contribution in [0, 0.1) is 11.8 Å². The zero-order valence-electron chi connectivity index (χ0n) is 17.5. The van der Waals surface area contributed by atoms with Gasteiger partial charge in [-0.1, -0.05) is 39.3 Å². The molecule has 27 heavy (non-hydrogen) atoms. The van der Waals surface area contributed by atoms with Crippen LogP contribution in [0.4, 0.5) is 4.79 Å². The van der Waals surface area contributed by atoms with Crippen LogP contribution in [0.3, 0.4) is 0 Å². The lowest BCUT2D eigenvalue weighted by atomic mass is 9.88. The average Bonchev–Trinajstić information content (AvgIpc) is 2.60. The van der Waals surface area contributed by atoms with E-state index in [0.29, 0.717) is 11.5 Å². The molecule has 1 aromatic rings. The van der Waals surface area contributed by atoms with Crippen molar-refractivity contribution in [2.75, 3.05) is 6.61 Å². The molecule has 5 heteroatoms. The summed E-state index contributed by atoms with van der Waals surface area (Å²) in [5.74, 6) is -0.0990. The number of ether oxygens (including phenoxy) is 3. The van der Waals surface area contributed by atoms with Gasteiger partial charge in [-0.05, 0) is 57.2 Å². The lowest BCUT2D eigenvalue weighted by molar-refractivity contribution is -0.0358. The monoisotopic (exact) mass is 378 g/mol. The molecule has 0 aliphatic carbocycles. The molecule has 0 fully saturated rings. The van der Waals surface area contributed by atoms with E-state index in [0.717, 1.165) is 19.3 Å². The minimum absolute atomic E-state index is 0.113. The fourth-order valence-electron chi connectivity index (χ4n) is 3.12. The minimum Gasteiger partial charge on any atom is -0.459 e. The van der Waals surface area contributed by atoms with Crippen LogP contribution in [-0.4, -0.2) is 30.9 Å². The highest BCUT2D eigenvalue weighted by Gasteiger charge is 2.30. The lowest BCUT2D eigenvalue weighted by Crippen LogP contribution is -2.35. The second kappa shape index (κ2) is 11.6. The maximum Gasteiger partial charge on any atom is 0.508 e. The number of hydrogen-bond acceptors (Lipinski definition) is 5. The summed E-state index contributed by atoms with van der Waals surface area (Å²) in [6.45, 7) is 12.0. The number of rotatable bonds is 10. The number of aryl methyl sites for hydroxylation is 1. The summed E-state index contributed by atoms with van der Waals surface area (Å²) in [4.78, 5) is 24.2. The van der Waals surface area contributed by atoms with Gasteiger partial charge in [-0.2, -0.15) is 0 Å². The van der Waals surface area contributed by atoms with Gasteiger partial charge < -0.3 is 14.2 Å². The third kappa shape index (κ3) is 8.02. The molecule has 0 bridgehead atoms. The Morgan fingerprint density at radius 3 is 2.04 bits per heavy atom. The van der Waals surface area contributed by atoms with Gasteiger partial charge in [0.25, 0.3) is 0 Å². The van der Waals surface area contributed by atoms with Crippen LogP contribution in [0.1, 0.15) is 70.3 Å². The molecular weight excluding hydrogens is 344 g/mol. The van der Waals surface area contributed by atoms with Gasteiger partial charge in [-0.3, -0.25) is 0 Å². The van der Waals surface area contributed by atoms with Gasteiger partial charge >= 0.3 is 12.1 Å².